The Hall–Kier alpha value is -1.30. The number of hydrogen-bond donors (Lipinski definition) is 2. The Morgan fingerprint density at radius 3 is 2.47 bits per heavy atom. The molecule has 0 aromatic carbocycles. The quantitative estimate of drug-likeness (QED) is 0.639. The number of amides is 3. The summed E-state index contributed by atoms with van der Waals surface area (Å²) < 4.78 is 0. The van der Waals surface area contributed by atoms with Crippen molar-refractivity contribution in [1.29, 1.82) is 0 Å². The van der Waals surface area contributed by atoms with Gasteiger partial charge in [0.2, 0.25) is 5.91 Å². The van der Waals surface area contributed by atoms with Gasteiger partial charge in [-0.2, -0.15) is 0 Å². The average molecular weight is 240 g/mol. The molecule has 0 saturated carbocycles. The van der Waals surface area contributed by atoms with Crippen LogP contribution in [0.15, 0.2) is 0 Å². The molecule has 1 unspecified atom stereocenters. The first-order valence-corrected chi connectivity index (χ1v) is 6.26. The van der Waals surface area contributed by atoms with Crippen LogP contribution in [0.4, 0.5) is 4.79 Å². The van der Waals surface area contributed by atoms with Crippen LogP contribution in [0, 0.1) is 0 Å². The van der Waals surface area contributed by atoms with Gasteiger partial charge in [-0.15, -0.1) is 0 Å². The number of hydrogen-bond acceptors (Lipinski definition) is 3. The number of carbonyl (C=O) groups excluding carboxylic acids is 2. The lowest BCUT2D eigenvalue weighted by Crippen LogP contribution is -2.57. The normalized spacial score (nSPS) is 25.8. The van der Waals surface area contributed by atoms with Crippen LogP contribution < -0.4 is 11.1 Å². The highest BCUT2D eigenvalue weighted by Gasteiger charge is 2.34. The zero-order valence-corrected chi connectivity index (χ0v) is 10.0. The lowest BCUT2D eigenvalue weighted by atomic mass is 10.0. The third-order valence-electron chi connectivity index (χ3n) is 3.50. The van der Waals surface area contributed by atoms with Crippen LogP contribution in [-0.4, -0.2) is 60.5 Å². The minimum absolute atomic E-state index is 0.0602. The molecule has 1 atom stereocenters. The monoisotopic (exact) mass is 240 g/mol. The maximum atomic E-state index is 12.3. The summed E-state index contributed by atoms with van der Waals surface area (Å²) in [6, 6.07) is -0.808. The van der Waals surface area contributed by atoms with Crippen LogP contribution in [0.1, 0.15) is 19.3 Å². The van der Waals surface area contributed by atoms with E-state index in [9.17, 15) is 9.59 Å². The van der Waals surface area contributed by atoms with Crippen LogP contribution in [-0.2, 0) is 4.79 Å². The molecule has 2 rings (SSSR count). The van der Waals surface area contributed by atoms with Gasteiger partial charge in [0.15, 0.2) is 0 Å². The van der Waals surface area contributed by atoms with Gasteiger partial charge in [-0.3, -0.25) is 4.79 Å². The first-order valence-electron chi connectivity index (χ1n) is 6.26. The molecule has 0 aromatic rings. The lowest BCUT2D eigenvalue weighted by Gasteiger charge is -2.38. The molecule has 0 spiro atoms. The second-order valence-electron chi connectivity index (χ2n) is 4.62. The number of piperidine rings is 1. The summed E-state index contributed by atoms with van der Waals surface area (Å²) in [5, 5.41) is 3.21. The molecule has 3 amide bonds. The summed E-state index contributed by atoms with van der Waals surface area (Å²) in [5.41, 5.74) is 5.33. The molecule has 6 nitrogen and oxygen atoms in total. The van der Waals surface area contributed by atoms with Crippen LogP contribution >= 0.6 is 0 Å². The maximum absolute atomic E-state index is 12.3. The molecule has 2 heterocycles. The maximum Gasteiger partial charge on any atom is 0.315 e. The highest BCUT2D eigenvalue weighted by molar-refractivity contribution is 5.87. The van der Waals surface area contributed by atoms with Crippen molar-refractivity contribution in [1.82, 2.24) is 15.1 Å². The number of urea groups is 1. The van der Waals surface area contributed by atoms with Crippen LogP contribution in [0.25, 0.3) is 0 Å². The van der Waals surface area contributed by atoms with Crippen molar-refractivity contribution >= 4 is 11.9 Å². The van der Waals surface area contributed by atoms with E-state index >= 15 is 0 Å². The number of nitrogens with zero attached hydrogens (tertiary/aromatic N) is 2. The van der Waals surface area contributed by atoms with Gasteiger partial charge in [0.25, 0.3) is 0 Å². The van der Waals surface area contributed by atoms with E-state index in [-0.39, 0.29) is 11.9 Å². The summed E-state index contributed by atoms with van der Waals surface area (Å²) in [7, 11) is 0. The number of rotatable bonds is 1. The largest absolute Gasteiger partial charge is 0.351 e. The van der Waals surface area contributed by atoms with Crippen molar-refractivity contribution in [2.75, 3.05) is 32.7 Å². The van der Waals surface area contributed by atoms with Crippen LogP contribution in [0.3, 0.4) is 0 Å². The van der Waals surface area contributed by atoms with E-state index in [1.54, 1.807) is 0 Å². The highest BCUT2D eigenvalue weighted by Crippen LogP contribution is 2.18. The third-order valence-corrected chi connectivity index (χ3v) is 3.50. The molecule has 96 valence electrons. The number of carbonyl (C=O) groups is 2. The zero-order chi connectivity index (χ0) is 12.3. The van der Waals surface area contributed by atoms with Gasteiger partial charge in [0, 0.05) is 32.7 Å². The molecule has 0 aromatic heterocycles. The summed E-state index contributed by atoms with van der Waals surface area (Å²) >= 11 is 0. The van der Waals surface area contributed by atoms with E-state index in [0.717, 1.165) is 45.4 Å². The van der Waals surface area contributed by atoms with E-state index in [0.29, 0.717) is 6.54 Å². The van der Waals surface area contributed by atoms with Crippen molar-refractivity contribution < 1.29 is 9.59 Å². The minimum Gasteiger partial charge on any atom is -0.351 e. The Bertz CT molecular complexity index is 302. The Morgan fingerprint density at radius 1 is 1.12 bits per heavy atom. The fourth-order valence-corrected chi connectivity index (χ4v) is 2.55. The van der Waals surface area contributed by atoms with Gasteiger partial charge < -0.3 is 20.9 Å². The molecule has 2 aliphatic heterocycles. The number of nitrogens with one attached hydrogen (secondary N) is 1. The van der Waals surface area contributed by atoms with Gasteiger partial charge >= 0.3 is 6.03 Å². The van der Waals surface area contributed by atoms with E-state index in [2.05, 4.69) is 5.32 Å². The molecule has 3 N–H and O–H groups in total. The second kappa shape index (κ2) is 5.35. The molecule has 0 radical (unpaired) electrons. The lowest BCUT2D eigenvalue weighted by molar-refractivity contribution is -0.137. The fraction of sp³-hybridized carbons (Fsp3) is 0.818. The van der Waals surface area contributed by atoms with Gasteiger partial charge in [0.05, 0.1) is 0 Å². The predicted octanol–water partition coefficient (Wildman–Crippen LogP) is -0.649. The second-order valence-corrected chi connectivity index (χ2v) is 4.62. The average Bonchev–Trinajstić information content (AvgIpc) is 2.39. The summed E-state index contributed by atoms with van der Waals surface area (Å²) in [5.74, 6) is 0.0602. The number of likely N-dealkylation sites (tertiary alicyclic amines) is 1. The van der Waals surface area contributed by atoms with Gasteiger partial charge in [-0.05, 0) is 19.3 Å². The molecular weight excluding hydrogens is 220 g/mol. The minimum atomic E-state index is -0.474. The van der Waals surface area contributed by atoms with E-state index < -0.39 is 6.03 Å². The first-order chi connectivity index (χ1) is 8.20. The fourth-order valence-electron chi connectivity index (χ4n) is 2.55. The summed E-state index contributed by atoms with van der Waals surface area (Å²) in [6.07, 6.45) is 2.67. The van der Waals surface area contributed by atoms with Crippen molar-refractivity contribution in [3.63, 3.8) is 0 Å². The van der Waals surface area contributed by atoms with Crippen LogP contribution in [0.5, 0.6) is 0 Å². The van der Waals surface area contributed by atoms with E-state index in [1.807, 2.05) is 4.90 Å². The molecule has 17 heavy (non-hydrogen) atoms. The van der Waals surface area contributed by atoms with Gasteiger partial charge in [-0.25, -0.2) is 4.79 Å². The number of nitrogens with two attached hydrogens (primary N) is 1. The number of piperazine rings is 1. The SMILES string of the molecule is NC(=O)N1CCCCC1C(=O)N1CCNCC1. The van der Waals surface area contributed by atoms with Crippen molar-refractivity contribution in [2.24, 2.45) is 5.73 Å². The first kappa shape index (κ1) is 12.2. The van der Waals surface area contributed by atoms with Crippen molar-refractivity contribution in [2.45, 2.75) is 25.3 Å². The van der Waals surface area contributed by atoms with E-state index in [1.165, 1.54) is 4.90 Å². The molecule has 6 heteroatoms. The van der Waals surface area contributed by atoms with Gasteiger partial charge in [-0.1, -0.05) is 0 Å². The van der Waals surface area contributed by atoms with Gasteiger partial charge in [0.1, 0.15) is 6.04 Å². The summed E-state index contributed by atoms with van der Waals surface area (Å²) in [6.45, 7) is 3.71. The molecule has 2 aliphatic rings. The highest BCUT2D eigenvalue weighted by atomic mass is 16.2. The predicted molar refractivity (Wildman–Crippen MR) is 63.4 cm³/mol. The van der Waals surface area contributed by atoms with Crippen molar-refractivity contribution in [3.05, 3.63) is 0 Å². The summed E-state index contributed by atoms with van der Waals surface area (Å²) in [4.78, 5) is 27.0. The third kappa shape index (κ3) is 2.69. The Labute approximate surface area is 101 Å². The molecule has 2 fully saturated rings. The smallest absolute Gasteiger partial charge is 0.315 e. The topological polar surface area (TPSA) is 78.7 Å². The standard InChI is InChI=1S/C11H20N4O2/c12-11(17)15-6-2-1-3-9(15)10(16)14-7-4-13-5-8-14/h9,13H,1-8H2,(H2,12,17). The number of primary amides is 1. The zero-order valence-electron chi connectivity index (χ0n) is 10.0. The van der Waals surface area contributed by atoms with Crippen molar-refractivity contribution in [3.8, 4) is 0 Å². The molecular formula is C11H20N4O2. The molecule has 2 saturated heterocycles. The Balaban J connectivity index is 2.02. The Kier molecular flexibility index (Phi) is 3.83. The molecule has 0 aliphatic carbocycles. The van der Waals surface area contributed by atoms with E-state index in [4.69, 9.17) is 5.73 Å². The Morgan fingerprint density at radius 2 is 1.82 bits per heavy atom. The van der Waals surface area contributed by atoms with Crippen LogP contribution in [0.2, 0.25) is 0 Å². The molecule has 0 bridgehead atoms.